The summed E-state index contributed by atoms with van der Waals surface area (Å²) in [6.45, 7) is 4.24. The van der Waals surface area contributed by atoms with E-state index in [1.165, 1.54) is 6.08 Å². The number of carboxylic acid groups (broad SMARTS) is 1. The Balaban J connectivity index is 2.14. The van der Waals surface area contributed by atoms with Crippen molar-refractivity contribution in [2.24, 2.45) is 5.92 Å². The molecule has 1 aromatic carbocycles. The number of amides is 1. The molecular weight excluding hydrogens is 337 g/mol. The highest BCUT2D eigenvalue weighted by Crippen LogP contribution is 2.33. The zero-order valence-electron chi connectivity index (χ0n) is 13.1. The smallest absolute Gasteiger partial charge is 0.328 e. The minimum Gasteiger partial charge on any atom is -0.478 e. The molecule has 1 N–H and O–H groups in total. The number of hydrogen-bond acceptors (Lipinski definition) is 2. The van der Waals surface area contributed by atoms with E-state index in [1.807, 2.05) is 13.8 Å². The lowest BCUT2D eigenvalue weighted by molar-refractivity contribution is -0.135. The summed E-state index contributed by atoms with van der Waals surface area (Å²) in [5.41, 5.74) is 0.143. The van der Waals surface area contributed by atoms with Crippen molar-refractivity contribution < 1.29 is 14.7 Å². The molecule has 6 heteroatoms. The standard InChI is InChI=1S/C17H19Cl2NO3/c1-17(2,8-6-15(21)22)20-9-7-11(16(20)23)10-12-13(18)4-3-5-14(12)19/h3-6,8,11H,7,9-10H2,1-2H3,(H,21,22). The lowest BCUT2D eigenvalue weighted by Crippen LogP contribution is -2.44. The van der Waals surface area contributed by atoms with Gasteiger partial charge in [-0.15, -0.1) is 0 Å². The van der Waals surface area contributed by atoms with E-state index in [0.717, 1.165) is 11.6 Å². The van der Waals surface area contributed by atoms with Gasteiger partial charge >= 0.3 is 5.97 Å². The number of benzene rings is 1. The summed E-state index contributed by atoms with van der Waals surface area (Å²) in [6.07, 6.45) is 3.81. The van der Waals surface area contributed by atoms with Gasteiger partial charge in [0.1, 0.15) is 0 Å². The van der Waals surface area contributed by atoms with Crippen LogP contribution in [0.4, 0.5) is 0 Å². The minimum absolute atomic E-state index is 0.000949. The van der Waals surface area contributed by atoms with Crippen LogP contribution in [0, 0.1) is 5.92 Å². The van der Waals surface area contributed by atoms with Crippen LogP contribution in [0.2, 0.25) is 10.0 Å². The van der Waals surface area contributed by atoms with Crippen LogP contribution in [0.1, 0.15) is 25.8 Å². The van der Waals surface area contributed by atoms with Gasteiger partial charge in [0, 0.05) is 28.6 Å². The van der Waals surface area contributed by atoms with Crippen molar-refractivity contribution in [3.05, 3.63) is 46.0 Å². The predicted molar refractivity (Wildman–Crippen MR) is 90.8 cm³/mol. The Morgan fingerprint density at radius 2 is 2.00 bits per heavy atom. The highest BCUT2D eigenvalue weighted by Gasteiger charge is 2.39. The zero-order chi connectivity index (χ0) is 17.2. The molecule has 1 aliphatic heterocycles. The number of carboxylic acids is 1. The van der Waals surface area contributed by atoms with E-state index in [2.05, 4.69) is 0 Å². The molecule has 4 nitrogen and oxygen atoms in total. The number of nitrogens with zero attached hydrogens (tertiary/aromatic N) is 1. The number of rotatable bonds is 5. The molecule has 1 aromatic rings. The average molecular weight is 356 g/mol. The van der Waals surface area contributed by atoms with E-state index in [0.29, 0.717) is 29.4 Å². The Kier molecular flexibility index (Phi) is 5.37. The van der Waals surface area contributed by atoms with Gasteiger partial charge in [-0.2, -0.15) is 0 Å². The second-order valence-corrected chi connectivity index (χ2v) is 7.02. The van der Waals surface area contributed by atoms with Crippen molar-refractivity contribution in [3.63, 3.8) is 0 Å². The fraction of sp³-hybridized carbons (Fsp3) is 0.412. The Morgan fingerprint density at radius 1 is 1.39 bits per heavy atom. The van der Waals surface area contributed by atoms with Gasteiger partial charge in [-0.25, -0.2) is 4.79 Å². The molecule has 0 spiro atoms. The van der Waals surface area contributed by atoms with Crippen LogP contribution in [-0.2, 0) is 16.0 Å². The van der Waals surface area contributed by atoms with E-state index < -0.39 is 11.5 Å². The van der Waals surface area contributed by atoms with Crippen molar-refractivity contribution in [1.29, 1.82) is 0 Å². The van der Waals surface area contributed by atoms with Crippen LogP contribution in [0.25, 0.3) is 0 Å². The highest BCUT2D eigenvalue weighted by atomic mass is 35.5. The number of halogens is 2. The molecule has 0 aliphatic carbocycles. The van der Waals surface area contributed by atoms with Crippen molar-refractivity contribution >= 4 is 35.1 Å². The quantitative estimate of drug-likeness (QED) is 0.817. The SMILES string of the molecule is CC(C)(C=CC(=O)O)N1CCC(Cc2c(Cl)cccc2Cl)C1=O. The molecule has 1 atom stereocenters. The first-order valence-corrected chi connectivity index (χ1v) is 8.14. The third-order valence-electron chi connectivity index (χ3n) is 4.16. The van der Waals surface area contributed by atoms with Crippen LogP contribution in [0.3, 0.4) is 0 Å². The van der Waals surface area contributed by atoms with Crippen LogP contribution in [0.15, 0.2) is 30.4 Å². The van der Waals surface area contributed by atoms with Crippen LogP contribution in [-0.4, -0.2) is 34.0 Å². The van der Waals surface area contributed by atoms with Crippen LogP contribution in [0.5, 0.6) is 0 Å². The van der Waals surface area contributed by atoms with E-state index in [1.54, 1.807) is 23.1 Å². The molecule has 0 aromatic heterocycles. The summed E-state index contributed by atoms with van der Waals surface area (Å²) in [4.78, 5) is 25.1. The minimum atomic E-state index is -1.02. The number of likely N-dealkylation sites (tertiary alicyclic amines) is 1. The molecular formula is C17H19Cl2NO3. The summed E-state index contributed by atoms with van der Waals surface area (Å²) in [5, 5.41) is 9.90. The lowest BCUT2D eigenvalue weighted by Gasteiger charge is -2.33. The van der Waals surface area contributed by atoms with Gasteiger partial charge in [0.05, 0.1) is 5.54 Å². The third-order valence-corrected chi connectivity index (χ3v) is 4.87. The van der Waals surface area contributed by atoms with Gasteiger partial charge in [-0.1, -0.05) is 35.3 Å². The number of carbonyl (C=O) groups excluding carboxylic acids is 1. The molecule has 1 fully saturated rings. The maximum atomic E-state index is 12.7. The first kappa shape index (κ1) is 17.8. The maximum Gasteiger partial charge on any atom is 0.328 e. The van der Waals surface area contributed by atoms with Crippen molar-refractivity contribution in [2.75, 3.05) is 6.54 Å². The Hall–Kier alpha value is -1.52. The molecule has 0 bridgehead atoms. The summed E-state index contributed by atoms with van der Waals surface area (Å²) >= 11 is 12.4. The molecule has 124 valence electrons. The maximum absolute atomic E-state index is 12.7. The van der Waals surface area contributed by atoms with Crippen molar-refractivity contribution in [2.45, 2.75) is 32.2 Å². The van der Waals surface area contributed by atoms with E-state index in [9.17, 15) is 9.59 Å². The normalized spacial score (nSPS) is 18.9. The second kappa shape index (κ2) is 6.93. The van der Waals surface area contributed by atoms with Gasteiger partial charge in [-0.3, -0.25) is 4.79 Å². The number of aliphatic carboxylic acids is 1. The molecule has 1 unspecified atom stereocenters. The first-order chi connectivity index (χ1) is 10.7. The molecule has 0 saturated carbocycles. The Bertz CT molecular complexity index is 635. The first-order valence-electron chi connectivity index (χ1n) is 7.39. The second-order valence-electron chi connectivity index (χ2n) is 6.21. The van der Waals surface area contributed by atoms with Crippen LogP contribution >= 0.6 is 23.2 Å². The van der Waals surface area contributed by atoms with Gasteiger partial charge in [0.25, 0.3) is 0 Å². The topological polar surface area (TPSA) is 57.6 Å². The third kappa shape index (κ3) is 4.06. The zero-order valence-corrected chi connectivity index (χ0v) is 14.6. The summed E-state index contributed by atoms with van der Waals surface area (Å²) in [6, 6.07) is 5.30. The molecule has 1 heterocycles. The molecule has 1 saturated heterocycles. The summed E-state index contributed by atoms with van der Waals surface area (Å²) < 4.78 is 0. The molecule has 1 amide bonds. The van der Waals surface area contributed by atoms with Gasteiger partial charge < -0.3 is 10.0 Å². The number of carbonyl (C=O) groups is 2. The predicted octanol–water partition coefficient (Wildman–Crippen LogP) is 3.80. The molecule has 2 rings (SSSR count). The summed E-state index contributed by atoms with van der Waals surface area (Å²) in [5.74, 6) is -1.21. The Labute approximate surface area is 145 Å². The largest absolute Gasteiger partial charge is 0.478 e. The highest BCUT2D eigenvalue weighted by molar-refractivity contribution is 6.36. The fourth-order valence-electron chi connectivity index (χ4n) is 2.84. The van der Waals surface area contributed by atoms with Gasteiger partial charge in [-0.05, 0) is 44.4 Å². The van der Waals surface area contributed by atoms with Gasteiger partial charge in [0.2, 0.25) is 5.91 Å². The van der Waals surface area contributed by atoms with Crippen molar-refractivity contribution in [1.82, 2.24) is 4.90 Å². The fourth-order valence-corrected chi connectivity index (χ4v) is 3.39. The number of hydrogen-bond donors (Lipinski definition) is 1. The average Bonchev–Trinajstić information content (AvgIpc) is 2.83. The molecule has 23 heavy (non-hydrogen) atoms. The lowest BCUT2D eigenvalue weighted by atomic mass is 9.97. The summed E-state index contributed by atoms with van der Waals surface area (Å²) in [7, 11) is 0. The van der Waals surface area contributed by atoms with E-state index in [4.69, 9.17) is 28.3 Å². The molecule has 0 radical (unpaired) electrons. The Morgan fingerprint density at radius 3 is 2.57 bits per heavy atom. The van der Waals surface area contributed by atoms with E-state index in [-0.39, 0.29) is 11.8 Å². The van der Waals surface area contributed by atoms with Crippen molar-refractivity contribution in [3.8, 4) is 0 Å². The monoisotopic (exact) mass is 355 g/mol. The van der Waals surface area contributed by atoms with E-state index >= 15 is 0 Å². The molecule has 1 aliphatic rings. The van der Waals surface area contributed by atoms with Crippen LogP contribution < -0.4 is 0 Å². The van der Waals surface area contributed by atoms with Gasteiger partial charge in [0.15, 0.2) is 0 Å².